The number of nitrogens with zero attached hydrogens (tertiary/aromatic N) is 3. The number of thiazole rings is 1. The average molecular weight is 386 g/mol. The molecule has 128 valence electrons. The predicted molar refractivity (Wildman–Crippen MR) is 93.7 cm³/mol. The summed E-state index contributed by atoms with van der Waals surface area (Å²) in [5.41, 5.74) is 2.60. The lowest BCUT2D eigenvalue weighted by Crippen LogP contribution is -2.50. The third kappa shape index (κ3) is 3.77. The molecule has 3 rings (SSSR count). The molecule has 1 aliphatic rings. The van der Waals surface area contributed by atoms with E-state index in [4.69, 9.17) is 11.6 Å². The van der Waals surface area contributed by atoms with Gasteiger partial charge in [-0.2, -0.15) is 4.31 Å². The number of sulfonamides is 1. The predicted octanol–water partition coefficient (Wildman–Crippen LogP) is 2.08. The summed E-state index contributed by atoms with van der Waals surface area (Å²) in [5, 5.41) is 2.14. The molecule has 1 fully saturated rings. The van der Waals surface area contributed by atoms with Crippen LogP contribution in [0.5, 0.6) is 0 Å². The highest BCUT2D eigenvalue weighted by atomic mass is 35.5. The van der Waals surface area contributed by atoms with Crippen molar-refractivity contribution in [2.75, 3.05) is 26.2 Å². The Balaban J connectivity index is 1.63. The molecule has 1 aromatic heterocycles. The maximum Gasteiger partial charge on any atom is 0.273 e. The number of carbonyl (C=O) groups excluding carboxylic acids is 1. The van der Waals surface area contributed by atoms with Crippen molar-refractivity contribution in [2.24, 2.45) is 0 Å². The maximum absolute atomic E-state index is 12.6. The summed E-state index contributed by atoms with van der Waals surface area (Å²) in [5.74, 6) is -0.286. The zero-order chi connectivity index (χ0) is 17.2. The highest BCUT2D eigenvalue weighted by Gasteiger charge is 2.30. The summed E-state index contributed by atoms with van der Waals surface area (Å²) in [4.78, 5) is 17.9. The van der Waals surface area contributed by atoms with Gasteiger partial charge in [0.1, 0.15) is 5.69 Å². The summed E-state index contributed by atoms with van der Waals surface area (Å²) in [7, 11) is -3.46. The molecule has 2 aromatic rings. The van der Waals surface area contributed by atoms with Crippen LogP contribution in [0.4, 0.5) is 0 Å². The fourth-order valence-electron chi connectivity index (χ4n) is 2.55. The van der Waals surface area contributed by atoms with Crippen LogP contribution in [0, 0.1) is 0 Å². The molecule has 9 heteroatoms. The highest BCUT2D eigenvalue weighted by Crippen LogP contribution is 2.20. The Morgan fingerprint density at radius 3 is 2.54 bits per heavy atom. The first-order valence-corrected chi connectivity index (χ1v) is 10.3. The van der Waals surface area contributed by atoms with E-state index >= 15 is 0 Å². The van der Waals surface area contributed by atoms with Gasteiger partial charge in [0, 0.05) is 36.6 Å². The number of aromatic nitrogens is 1. The van der Waals surface area contributed by atoms with Crippen molar-refractivity contribution >= 4 is 38.9 Å². The number of amides is 1. The standard InChI is InChI=1S/C15H16ClN3O3S2/c16-13-4-2-1-3-12(13)10-24(21,22)19-7-5-18(6-8-19)15(20)14-9-23-11-17-14/h1-4,9,11H,5-8,10H2. The minimum absolute atomic E-state index is 0.132. The smallest absolute Gasteiger partial charge is 0.273 e. The van der Waals surface area contributed by atoms with E-state index in [9.17, 15) is 13.2 Å². The molecular formula is C15H16ClN3O3S2. The van der Waals surface area contributed by atoms with Crippen LogP contribution in [0.2, 0.25) is 5.02 Å². The van der Waals surface area contributed by atoms with Gasteiger partial charge in [0.05, 0.1) is 11.3 Å². The normalized spacial score (nSPS) is 16.3. The molecule has 24 heavy (non-hydrogen) atoms. The second kappa shape index (κ2) is 7.18. The lowest BCUT2D eigenvalue weighted by Gasteiger charge is -2.33. The minimum Gasteiger partial charge on any atom is -0.335 e. The average Bonchev–Trinajstić information content (AvgIpc) is 3.11. The lowest BCUT2D eigenvalue weighted by atomic mass is 10.2. The Morgan fingerprint density at radius 2 is 1.92 bits per heavy atom. The second-order valence-electron chi connectivity index (χ2n) is 5.41. The fraction of sp³-hybridized carbons (Fsp3) is 0.333. The van der Waals surface area contributed by atoms with E-state index in [1.54, 1.807) is 40.1 Å². The largest absolute Gasteiger partial charge is 0.335 e. The SMILES string of the molecule is O=C(c1cscn1)N1CCN(S(=O)(=O)Cc2ccccc2Cl)CC1. The van der Waals surface area contributed by atoms with Gasteiger partial charge < -0.3 is 4.90 Å². The van der Waals surface area contributed by atoms with E-state index in [0.29, 0.717) is 29.4 Å². The van der Waals surface area contributed by atoms with Crippen LogP contribution in [-0.2, 0) is 15.8 Å². The topological polar surface area (TPSA) is 70.6 Å². The summed E-state index contributed by atoms with van der Waals surface area (Å²) in [6.07, 6.45) is 0. The summed E-state index contributed by atoms with van der Waals surface area (Å²) in [6, 6.07) is 6.92. The molecule has 0 unspecified atom stereocenters. The van der Waals surface area contributed by atoms with Gasteiger partial charge >= 0.3 is 0 Å². The zero-order valence-electron chi connectivity index (χ0n) is 12.8. The Morgan fingerprint density at radius 1 is 1.21 bits per heavy atom. The van der Waals surface area contributed by atoms with Gasteiger partial charge in [-0.1, -0.05) is 29.8 Å². The van der Waals surface area contributed by atoms with E-state index < -0.39 is 10.0 Å². The summed E-state index contributed by atoms with van der Waals surface area (Å²) < 4.78 is 26.5. The third-order valence-electron chi connectivity index (χ3n) is 3.87. The molecule has 0 spiro atoms. The number of hydrogen-bond acceptors (Lipinski definition) is 5. The van der Waals surface area contributed by atoms with Crippen LogP contribution in [-0.4, -0.2) is 54.7 Å². The highest BCUT2D eigenvalue weighted by molar-refractivity contribution is 7.88. The molecule has 0 N–H and O–H groups in total. The molecule has 0 aliphatic carbocycles. The number of rotatable bonds is 4. The van der Waals surface area contributed by atoms with Gasteiger partial charge in [-0.3, -0.25) is 4.79 Å². The van der Waals surface area contributed by atoms with E-state index in [2.05, 4.69) is 4.98 Å². The first-order valence-electron chi connectivity index (χ1n) is 7.36. The van der Waals surface area contributed by atoms with E-state index in [0.717, 1.165) is 0 Å². The second-order valence-corrected chi connectivity index (χ2v) is 8.51. The minimum atomic E-state index is -3.46. The van der Waals surface area contributed by atoms with Crippen LogP contribution < -0.4 is 0 Å². The molecule has 0 bridgehead atoms. The van der Waals surface area contributed by atoms with Crippen molar-refractivity contribution < 1.29 is 13.2 Å². The fourth-order valence-corrected chi connectivity index (χ4v) is 4.91. The molecule has 1 saturated heterocycles. The van der Waals surface area contributed by atoms with Gasteiger partial charge in [0.2, 0.25) is 10.0 Å². The number of carbonyl (C=O) groups is 1. The van der Waals surface area contributed by atoms with Gasteiger partial charge in [0.15, 0.2) is 0 Å². The molecule has 0 atom stereocenters. The van der Waals surface area contributed by atoms with Crippen molar-refractivity contribution in [2.45, 2.75) is 5.75 Å². The molecule has 6 nitrogen and oxygen atoms in total. The number of halogens is 1. The van der Waals surface area contributed by atoms with Crippen LogP contribution in [0.3, 0.4) is 0 Å². The van der Waals surface area contributed by atoms with Gasteiger partial charge in [0.25, 0.3) is 5.91 Å². The first kappa shape index (κ1) is 17.3. The number of piperazine rings is 1. The Kier molecular flexibility index (Phi) is 5.19. The first-order chi connectivity index (χ1) is 11.5. The van der Waals surface area contributed by atoms with E-state index in [1.165, 1.54) is 15.6 Å². The maximum atomic E-state index is 12.6. The van der Waals surface area contributed by atoms with Crippen molar-refractivity contribution in [3.63, 3.8) is 0 Å². The van der Waals surface area contributed by atoms with Crippen molar-refractivity contribution in [3.8, 4) is 0 Å². The van der Waals surface area contributed by atoms with Crippen LogP contribution in [0.15, 0.2) is 35.2 Å². The molecule has 0 saturated carbocycles. The number of benzene rings is 1. The van der Waals surface area contributed by atoms with E-state index in [1.807, 2.05) is 0 Å². The van der Waals surface area contributed by atoms with Gasteiger partial charge in [-0.05, 0) is 11.6 Å². The summed E-state index contributed by atoms with van der Waals surface area (Å²) >= 11 is 7.41. The van der Waals surface area contributed by atoms with Crippen molar-refractivity contribution in [3.05, 3.63) is 51.4 Å². The lowest BCUT2D eigenvalue weighted by molar-refractivity contribution is 0.0692. The molecule has 1 amide bonds. The van der Waals surface area contributed by atoms with Crippen molar-refractivity contribution in [1.82, 2.24) is 14.2 Å². The number of hydrogen-bond donors (Lipinski definition) is 0. The quantitative estimate of drug-likeness (QED) is 0.807. The van der Waals surface area contributed by atoms with Gasteiger partial charge in [-0.25, -0.2) is 13.4 Å². The Bertz CT molecular complexity index is 816. The third-order valence-corrected chi connectivity index (χ3v) is 6.65. The van der Waals surface area contributed by atoms with E-state index in [-0.39, 0.29) is 24.7 Å². The Hall–Kier alpha value is -1.48. The molecule has 2 heterocycles. The van der Waals surface area contributed by atoms with Gasteiger partial charge in [-0.15, -0.1) is 11.3 Å². The van der Waals surface area contributed by atoms with Crippen LogP contribution >= 0.6 is 22.9 Å². The van der Waals surface area contributed by atoms with Crippen LogP contribution in [0.25, 0.3) is 0 Å². The summed E-state index contributed by atoms with van der Waals surface area (Å²) in [6.45, 7) is 1.28. The molecular weight excluding hydrogens is 370 g/mol. The Labute approximate surface area is 149 Å². The monoisotopic (exact) mass is 385 g/mol. The molecule has 1 aliphatic heterocycles. The zero-order valence-corrected chi connectivity index (χ0v) is 15.1. The molecule has 1 aromatic carbocycles. The molecule has 0 radical (unpaired) electrons. The van der Waals surface area contributed by atoms with Crippen LogP contribution in [0.1, 0.15) is 16.1 Å². The van der Waals surface area contributed by atoms with Crippen molar-refractivity contribution in [1.29, 1.82) is 0 Å².